The highest BCUT2D eigenvalue weighted by Crippen LogP contribution is 2.12. The first kappa shape index (κ1) is 13.0. The van der Waals surface area contributed by atoms with Gasteiger partial charge in [0.05, 0.1) is 0 Å². The Balaban J connectivity index is 2.01. The number of hydrogen-bond donors (Lipinski definition) is 3. The van der Waals surface area contributed by atoms with Gasteiger partial charge in [0.1, 0.15) is 5.82 Å². The molecule has 0 unspecified atom stereocenters. The molecule has 0 radical (unpaired) electrons. The molecule has 2 aromatic carbocycles. The van der Waals surface area contributed by atoms with Gasteiger partial charge in [-0.25, -0.2) is 9.18 Å². The van der Waals surface area contributed by atoms with E-state index in [1.54, 1.807) is 24.3 Å². The van der Waals surface area contributed by atoms with Gasteiger partial charge in [0.2, 0.25) is 0 Å². The van der Waals surface area contributed by atoms with Crippen molar-refractivity contribution in [1.29, 1.82) is 0 Å². The fourth-order valence-electron chi connectivity index (χ4n) is 1.64. The third-order valence-corrected chi connectivity index (χ3v) is 2.50. The average Bonchev–Trinajstić information content (AvgIpc) is 2.38. The third-order valence-electron chi connectivity index (χ3n) is 2.50. The van der Waals surface area contributed by atoms with Crippen LogP contribution in [0.5, 0.6) is 0 Å². The average molecular weight is 259 g/mol. The van der Waals surface area contributed by atoms with Crippen LogP contribution in [-0.4, -0.2) is 6.03 Å². The Morgan fingerprint density at radius 3 is 2.32 bits per heavy atom. The van der Waals surface area contributed by atoms with Gasteiger partial charge in [-0.2, -0.15) is 0 Å². The molecular weight excluding hydrogens is 245 g/mol. The van der Waals surface area contributed by atoms with E-state index in [1.165, 1.54) is 18.2 Å². The van der Waals surface area contributed by atoms with Gasteiger partial charge in [-0.3, -0.25) is 0 Å². The fraction of sp³-hybridized carbons (Fsp3) is 0.0714. The van der Waals surface area contributed by atoms with E-state index in [0.717, 1.165) is 5.56 Å². The lowest BCUT2D eigenvalue weighted by molar-refractivity contribution is 0.262. The van der Waals surface area contributed by atoms with E-state index in [0.29, 0.717) is 17.9 Å². The van der Waals surface area contributed by atoms with Gasteiger partial charge < -0.3 is 16.4 Å². The van der Waals surface area contributed by atoms with Gasteiger partial charge in [0.25, 0.3) is 0 Å². The van der Waals surface area contributed by atoms with Gasteiger partial charge in [0.15, 0.2) is 0 Å². The molecule has 0 saturated heterocycles. The summed E-state index contributed by atoms with van der Waals surface area (Å²) in [7, 11) is 0. The number of nitrogens with one attached hydrogen (secondary N) is 2. The minimum absolute atomic E-state index is 0.396. The number of anilines is 2. The highest BCUT2D eigenvalue weighted by atomic mass is 19.1. The molecule has 19 heavy (non-hydrogen) atoms. The second-order valence-electron chi connectivity index (χ2n) is 3.99. The van der Waals surface area contributed by atoms with Crippen molar-refractivity contribution in [1.82, 2.24) is 0 Å². The first-order valence-electron chi connectivity index (χ1n) is 5.80. The summed E-state index contributed by atoms with van der Waals surface area (Å²) in [6.07, 6.45) is 0. The van der Waals surface area contributed by atoms with Crippen LogP contribution in [0.25, 0.3) is 0 Å². The van der Waals surface area contributed by atoms with E-state index in [9.17, 15) is 9.18 Å². The van der Waals surface area contributed by atoms with Gasteiger partial charge in [0, 0.05) is 17.9 Å². The summed E-state index contributed by atoms with van der Waals surface area (Å²) >= 11 is 0. The Morgan fingerprint density at radius 1 is 1.05 bits per heavy atom. The molecule has 4 N–H and O–H groups in total. The number of amides is 2. The maximum atomic E-state index is 13.0. The Morgan fingerprint density at radius 2 is 1.68 bits per heavy atom. The molecule has 98 valence electrons. The van der Waals surface area contributed by atoms with Crippen molar-refractivity contribution < 1.29 is 9.18 Å². The highest BCUT2D eigenvalue weighted by Gasteiger charge is 2.03. The van der Waals surface area contributed by atoms with Crippen molar-refractivity contribution in [2.24, 2.45) is 5.73 Å². The lowest BCUT2D eigenvalue weighted by Crippen LogP contribution is -2.19. The van der Waals surface area contributed by atoms with Gasteiger partial charge in [-0.15, -0.1) is 0 Å². The van der Waals surface area contributed by atoms with Crippen LogP contribution in [-0.2, 0) is 6.54 Å². The Hall–Kier alpha value is -2.40. The third kappa shape index (κ3) is 3.79. The standard InChI is InChI=1S/C14H14FN3O/c15-11-4-2-6-13(8-11)18-14(19)17-12-5-1-3-10(7-12)9-16/h1-8H,9,16H2,(H2,17,18,19). The van der Waals surface area contributed by atoms with Crippen LogP contribution < -0.4 is 16.4 Å². The van der Waals surface area contributed by atoms with Crippen molar-refractivity contribution in [3.8, 4) is 0 Å². The van der Waals surface area contributed by atoms with Crippen molar-refractivity contribution in [2.75, 3.05) is 10.6 Å². The SMILES string of the molecule is NCc1cccc(NC(=O)Nc2cccc(F)c2)c1. The predicted molar refractivity (Wildman–Crippen MR) is 73.4 cm³/mol. The van der Waals surface area contributed by atoms with E-state index in [4.69, 9.17) is 5.73 Å². The van der Waals surface area contributed by atoms with Crippen molar-refractivity contribution in [2.45, 2.75) is 6.54 Å². The molecule has 2 rings (SSSR count). The Kier molecular flexibility index (Phi) is 4.10. The largest absolute Gasteiger partial charge is 0.326 e. The van der Waals surface area contributed by atoms with Gasteiger partial charge >= 0.3 is 6.03 Å². The van der Waals surface area contributed by atoms with E-state index in [1.807, 2.05) is 6.07 Å². The molecule has 0 atom stereocenters. The number of carbonyl (C=O) groups is 1. The molecule has 0 fully saturated rings. The molecule has 0 aliphatic rings. The summed E-state index contributed by atoms with van der Waals surface area (Å²) in [5.74, 6) is -0.400. The topological polar surface area (TPSA) is 67.1 Å². The van der Waals surface area contributed by atoms with Crippen LogP contribution in [0.3, 0.4) is 0 Å². The lowest BCUT2D eigenvalue weighted by atomic mass is 10.2. The number of hydrogen-bond acceptors (Lipinski definition) is 2. The Labute approximate surface area is 110 Å². The van der Waals surface area contributed by atoms with Crippen LogP contribution >= 0.6 is 0 Å². The zero-order valence-electron chi connectivity index (χ0n) is 10.2. The van der Waals surface area contributed by atoms with Crippen molar-refractivity contribution in [3.63, 3.8) is 0 Å². The molecule has 2 aromatic rings. The summed E-state index contributed by atoms with van der Waals surface area (Å²) in [5.41, 5.74) is 7.47. The maximum absolute atomic E-state index is 13.0. The van der Waals surface area contributed by atoms with E-state index in [2.05, 4.69) is 10.6 Å². The predicted octanol–water partition coefficient (Wildman–Crippen LogP) is 2.93. The Bertz CT molecular complexity index is 586. The summed E-state index contributed by atoms with van der Waals surface area (Å²) in [5, 5.41) is 5.20. The minimum Gasteiger partial charge on any atom is -0.326 e. The molecule has 4 nitrogen and oxygen atoms in total. The quantitative estimate of drug-likeness (QED) is 0.793. The van der Waals surface area contributed by atoms with E-state index in [-0.39, 0.29) is 0 Å². The summed E-state index contributed by atoms with van der Waals surface area (Å²) < 4.78 is 13.0. The molecule has 0 heterocycles. The molecule has 0 aliphatic carbocycles. The van der Waals surface area contributed by atoms with Crippen LogP contribution in [0.15, 0.2) is 48.5 Å². The van der Waals surface area contributed by atoms with Gasteiger partial charge in [-0.05, 0) is 35.9 Å². The van der Waals surface area contributed by atoms with Crippen LogP contribution in [0.1, 0.15) is 5.56 Å². The summed E-state index contributed by atoms with van der Waals surface area (Å²) in [6, 6.07) is 12.5. The first-order valence-corrected chi connectivity index (χ1v) is 5.80. The number of urea groups is 1. The van der Waals surface area contributed by atoms with Crippen molar-refractivity contribution in [3.05, 3.63) is 59.9 Å². The van der Waals surface area contributed by atoms with E-state index >= 15 is 0 Å². The number of nitrogens with two attached hydrogens (primary N) is 1. The van der Waals surface area contributed by atoms with Crippen LogP contribution in [0, 0.1) is 5.82 Å². The normalized spacial score (nSPS) is 10.0. The van der Waals surface area contributed by atoms with Gasteiger partial charge in [-0.1, -0.05) is 18.2 Å². The summed E-state index contributed by atoms with van der Waals surface area (Å²) in [6.45, 7) is 0.404. The van der Waals surface area contributed by atoms with Crippen LogP contribution in [0.2, 0.25) is 0 Å². The van der Waals surface area contributed by atoms with E-state index < -0.39 is 11.8 Å². The molecular formula is C14H14FN3O. The monoisotopic (exact) mass is 259 g/mol. The molecule has 0 bridgehead atoms. The fourth-order valence-corrected chi connectivity index (χ4v) is 1.64. The molecule has 2 amide bonds. The van der Waals surface area contributed by atoms with Crippen LogP contribution in [0.4, 0.5) is 20.6 Å². The lowest BCUT2D eigenvalue weighted by Gasteiger charge is -2.08. The maximum Gasteiger partial charge on any atom is 0.323 e. The smallest absolute Gasteiger partial charge is 0.323 e. The van der Waals surface area contributed by atoms with Crippen molar-refractivity contribution >= 4 is 17.4 Å². The zero-order valence-corrected chi connectivity index (χ0v) is 10.2. The number of halogens is 1. The molecule has 5 heteroatoms. The number of rotatable bonds is 3. The first-order chi connectivity index (χ1) is 9.17. The molecule has 0 saturated carbocycles. The second-order valence-corrected chi connectivity index (χ2v) is 3.99. The summed E-state index contributed by atoms with van der Waals surface area (Å²) in [4.78, 5) is 11.7. The molecule has 0 aromatic heterocycles. The zero-order chi connectivity index (χ0) is 13.7. The second kappa shape index (κ2) is 5.97. The number of benzene rings is 2. The minimum atomic E-state index is -0.431. The molecule has 0 spiro atoms. The number of carbonyl (C=O) groups excluding carboxylic acids is 1. The molecule has 0 aliphatic heterocycles. The highest BCUT2D eigenvalue weighted by molar-refractivity contribution is 5.99.